The molecule has 0 bridgehead atoms. The van der Waals surface area contributed by atoms with Crippen molar-refractivity contribution in [1.82, 2.24) is 4.90 Å². The van der Waals surface area contributed by atoms with Crippen LogP contribution in [-0.4, -0.2) is 37.0 Å². The van der Waals surface area contributed by atoms with Crippen molar-refractivity contribution in [2.75, 3.05) is 25.5 Å². The summed E-state index contributed by atoms with van der Waals surface area (Å²) in [5.41, 5.74) is 1.89. The van der Waals surface area contributed by atoms with Gasteiger partial charge in [0.15, 0.2) is 0 Å². The van der Waals surface area contributed by atoms with Crippen LogP contribution < -0.4 is 10.1 Å². The monoisotopic (exact) mass is 342 g/mol. The second-order valence-corrected chi connectivity index (χ2v) is 6.33. The minimum absolute atomic E-state index is 0.103. The van der Waals surface area contributed by atoms with E-state index < -0.39 is 0 Å². The van der Waals surface area contributed by atoms with Crippen LogP contribution in [0.1, 0.15) is 18.4 Å². The highest BCUT2D eigenvalue weighted by molar-refractivity contribution is 5.78. The van der Waals surface area contributed by atoms with Crippen molar-refractivity contribution in [3.8, 4) is 5.75 Å². The van der Waals surface area contributed by atoms with Gasteiger partial charge in [0.05, 0.1) is 13.5 Å². The number of rotatable bonds is 5. The normalized spacial score (nSPS) is 15.0. The van der Waals surface area contributed by atoms with Crippen molar-refractivity contribution < 1.29 is 13.9 Å². The van der Waals surface area contributed by atoms with E-state index in [2.05, 4.69) is 5.32 Å². The van der Waals surface area contributed by atoms with Crippen LogP contribution in [0.4, 0.5) is 10.1 Å². The topological polar surface area (TPSA) is 41.6 Å². The van der Waals surface area contributed by atoms with E-state index in [9.17, 15) is 9.18 Å². The van der Waals surface area contributed by atoms with Gasteiger partial charge >= 0.3 is 0 Å². The lowest BCUT2D eigenvalue weighted by Crippen LogP contribution is -2.43. The lowest BCUT2D eigenvalue weighted by molar-refractivity contribution is -0.131. The molecule has 3 rings (SSSR count). The summed E-state index contributed by atoms with van der Waals surface area (Å²) in [4.78, 5) is 14.3. The Morgan fingerprint density at radius 1 is 1.20 bits per heavy atom. The maximum absolute atomic E-state index is 12.9. The first-order chi connectivity index (χ1) is 12.1. The largest absolute Gasteiger partial charge is 0.497 e. The van der Waals surface area contributed by atoms with Crippen LogP contribution in [0.3, 0.4) is 0 Å². The third-order valence-electron chi connectivity index (χ3n) is 4.56. The number of benzene rings is 2. The summed E-state index contributed by atoms with van der Waals surface area (Å²) in [7, 11) is 1.66. The molecule has 2 aromatic carbocycles. The fourth-order valence-electron chi connectivity index (χ4n) is 3.11. The number of hydrogen-bond acceptors (Lipinski definition) is 3. The SMILES string of the molecule is COc1cccc(NC2CCN(C(=O)Cc3ccc(F)cc3)CC2)c1. The molecular weight excluding hydrogens is 319 g/mol. The quantitative estimate of drug-likeness (QED) is 0.904. The van der Waals surface area contributed by atoms with Crippen molar-refractivity contribution in [1.29, 1.82) is 0 Å². The van der Waals surface area contributed by atoms with Crippen LogP contribution in [0.5, 0.6) is 5.75 Å². The molecule has 2 aromatic rings. The van der Waals surface area contributed by atoms with Crippen LogP contribution in [0, 0.1) is 5.82 Å². The second kappa shape index (κ2) is 8.01. The number of nitrogens with zero attached hydrogens (tertiary/aromatic N) is 1. The van der Waals surface area contributed by atoms with Gasteiger partial charge < -0.3 is 15.0 Å². The zero-order valence-corrected chi connectivity index (χ0v) is 14.4. The van der Waals surface area contributed by atoms with Crippen LogP contribution in [-0.2, 0) is 11.2 Å². The summed E-state index contributed by atoms with van der Waals surface area (Å²) in [5, 5.41) is 3.51. The Bertz CT molecular complexity index is 710. The van der Waals surface area contributed by atoms with E-state index >= 15 is 0 Å². The number of carbonyl (C=O) groups excluding carboxylic acids is 1. The number of nitrogens with one attached hydrogen (secondary N) is 1. The predicted octanol–water partition coefficient (Wildman–Crippen LogP) is 3.48. The van der Waals surface area contributed by atoms with Gasteiger partial charge in [-0.2, -0.15) is 0 Å². The number of methoxy groups -OCH3 is 1. The van der Waals surface area contributed by atoms with E-state index in [4.69, 9.17) is 4.74 Å². The molecule has 1 amide bonds. The van der Waals surface area contributed by atoms with Crippen LogP contribution >= 0.6 is 0 Å². The van der Waals surface area contributed by atoms with Crippen molar-refractivity contribution in [2.45, 2.75) is 25.3 Å². The molecule has 0 aromatic heterocycles. The molecule has 5 heteroatoms. The Labute approximate surface area is 147 Å². The van der Waals surface area contributed by atoms with Crippen molar-refractivity contribution >= 4 is 11.6 Å². The predicted molar refractivity (Wildman–Crippen MR) is 96.3 cm³/mol. The number of ether oxygens (including phenoxy) is 1. The Hall–Kier alpha value is -2.56. The molecule has 0 atom stereocenters. The Balaban J connectivity index is 1.49. The lowest BCUT2D eigenvalue weighted by Gasteiger charge is -2.33. The van der Waals surface area contributed by atoms with Crippen molar-refractivity contribution in [3.63, 3.8) is 0 Å². The van der Waals surface area contributed by atoms with E-state index in [1.807, 2.05) is 29.2 Å². The van der Waals surface area contributed by atoms with E-state index in [1.165, 1.54) is 12.1 Å². The third-order valence-corrected chi connectivity index (χ3v) is 4.56. The van der Waals surface area contributed by atoms with Gasteiger partial charge in [0, 0.05) is 30.9 Å². The summed E-state index contributed by atoms with van der Waals surface area (Å²) >= 11 is 0. The van der Waals surface area contributed by atoms with Gasteiger partial charge in [0.2, 0.25) is 5.91 Å². The van der Waals surface area contributed by atoms with E-state index in [-0.39, 0.29) is 11.7 Å². The molecule has 1 saturated heterocycles. The molecule has 1 aliphatic heterocycles. The number of carbonyl (C=O) groups is 1. The molecule has 0 unspecified atom stereocenters. The standard InChI is InChI=1S/C20H23FN2O2/c1-25-19-4-2-3-18(14-19)22-17-9-11-23(12-10-17)20(24)13-15-5-7-16(21)8-6-15/h2-8,14,17,22H,9-13H2,1H3. The molecule has 1 aliphatic rings. The highest BCUT2D eigenvalue weighted by Gasteiger charge is 2.22. The van der Waals surface area contributed by atoms with E-state index in [0.29, 0.717) is 12.5 Å². The lowest BCUT2D eigenvalue weighted by atomic mass is 10.0. The van der Waals surface area contributed by atoms with Gasteiger partial charge in [-0.05, 0) is 42.7 Å². The second-order valence-electron chi connectivity index (χ2n) is 6.33. The average molecular weight is 342 g/mol. The van der Waals surface area contributed by atoms with Gasteiger partial charge in [-0.15, -0.1) is 0 Å². The van der Waals surface area contributed by atoms with Gasteiger partial charge in [-0.1, -0.05) is 18.2 Å². The van der Waals surface area contributed by atoms with Gasteiger partial charge in [-0.3, -0.25) is 4.79 Å². The fourth-order valence-corrected chi connectivity index (χ4v) is 3.11. The van der Waals surface area contributed by atoms with E-state index in [1.54, 1.807) is 19.2 Å². The number of amides is 1. The smallest absolute Gasteiger partial charge is 0.226 e. The molecule has 132 valence electrons. The first kappa shape index (κ1) is 17.3. The zero-order valence-electron chi connectivity index (χ0n) is 14.4. The molecule has 4 nitrogen and oxygen atoms in total. The third kappa shape index (κ3) is 4.72. The summed E-state index contributed by atoms with van der Waals surface area (Å²) in [5.74, 6) is 0.656. The Kier molecular flexibility index (Phi) is 5.53. The molecule has 0 spiro atoms. The van der Waals surface area contributed by atoms with Crippen LogP contribution in [0.25, 0.3) is 0 Å². The maximum Gasteiger partial charge on any atom is 0.226 e. The van der Waals surface area contributed by atoms with Gasteiger partial charge in [-0.25, -0.2) is 4.39 Å². The highest BCUT2D eigenvalue weighted by Crippen LogP contribution is 2.21. The molecule has 1 heterocycles. The van der Waals surface area contributed by atoms with Gasteiger partial charge in [0.25, 0.3) is 0 Å². The summed E-state index contributed by atoms with van der Waals surface area (Å²) in [6.07, 6.45) is 2.15. The average Bonchev–Trinajstić information content (AvgIpc) is 2.64. The minimum Gasteiger partial charge on any atom is -0.497 e. The van der Waals surface area contributed by atoms with Crippen LogP contribution in [0.2, 0.25) is 0 Å². The summed E-state index contributed by atoms with van der Waals surface area (Å²) in [6, 6.07) is 14.4. The fraction of sp³-hybridized carbons (Fsp3) is 0.350. The summed E-state index contributed by atoms with van der Waals surface area (Å²) < 4.78 is 18.2. The van der Waals surface area contributed by atoms with Crippen molar-refractivity contribution in [2.24, 2.45) is 0 Å². The van der Waals surface area contributed by atoms with Crippen LogP contribution in [0.15, 0.2) is 48.5 Å². The molecule has 1 N–H and O–H groups in total. The Morgan fingerprint density at radius 2 is 1.92 bits per heavy atom. The first-order valence-corrected chi connectivity index (χ1v) is 8.57. The number of anilines is 1. The number of halogens is 1. The maximum atomic E-state index is 12.9. The van der Waals surface area contributed by atoms with Crippen molar-refractivity contribution in [3.05, 3.63) is 59.9 Å². The minimum atomic E-state index is -0.277. The molecule has 0 saturated carbocycles. The first-order valence-electron chi connectivity index (χ1n) is 8.57. The number of piperidine rings is 1. The molecule has 0 radical (unpaired) electrons. The molecule has 0 aliphatic carbocycles. The molecule has 1 fully saturated rings. The van der Waals surface area contributed by atoms with E-state index in [0.717, 1.165) is 42.9 Å². The Morgan fingerprint density at radius 3 is 2.60 bits per heavy atom. The summed E-state index contributed by atoms with van der Waals surface area (Å²) in [6.45, 7) is 1.48. The molecular formula is C20H23FN2O2. The van der Waals surface area contributed by atoms with Gasteiger partial charge in [0.1, 0.15) is 11.6 Å². The molecule has 25 heavy (non-hydrogen) atoms. The number of likely N-dealkylation sites (tertiary alicyclic amines) is 1. The highest BCUT2D eigenvalue weighted by atomic mass is 19.1. The zero-order chi connectivity index (χ0) is 17.6. The number of hydrogen-bond donors (Lipinski definition) is 1.